The minimum absolute atomic E-state index is 0.0538. The molecule has 1 aromatic rings. The third kappa shape index (κ3) is 3.33. The highest BCUT2D eigenvalue weighted by atomic mass is 79.9. The molecule has 0 bridgehead atoms. The maximum atomic E-state index is 13.8. The molecule has 0 amide bonds. The normalized spacial score (nSPS) is 20.0. The molecule has 1 aromatic carbocycles. The summed E-state index contributed by atoms with van der Waals surface area (Å²) in [6, 6.07) is 5.65. The average Bonchev–Trinajstić information content (AvgIpc) is 2.85. The van der Waals surface area contributed by atoms with Gasteiger partial charge in [-0.2, -0.15) is 0 Å². The van der Waals surface area contributed by atoms with Crippen LogP contribution in [0.2, 0.25) is 0 Å². The molecule has 3 heteroatoms. The molecule has 0 aliphatic heterocycles. The van der Waals surface area contributed by atoms with Crippen LogP contribution in [0, 0.1) is 11.7 Å². The summed E-state index contributed by atoms with van der Waals surface area (Å²) in [5.74, 6) is 0.625. The minimum atomic E-state index is -0.128. The van der Waals surface area contributed by atoms with E-state index in [0.29, 0.717) is 6.04 Å². The summed E-state index contributed by atoms with van der Waals surface area (Å²) >= 11 is 3.40. The lowest BCUT2D eigenvalue weighted by Gasteiger charge is -2.25. The van der Waals surface area contributed by atoms with Crippen LogP contribution in [0.4, 0.5) is 4.39 Å². The van der Waals surface area contributed by atoms with Crippen molar-refractivity contribution in [3.05, 3.63) is 34.1 Å². The van der Waals surface area contributed by atoms with Crippen LogP contribution < -0.4 is 5.32 Å². The van der Waals surface area contributed by atoms with Crippen molar-refractivity contribution >= 4 is 15.9 Å². The first-order valence-corrected chi connectivity index (χ1v) is 7.58. The van der Waals surface area contributed by atoms with Crippen molar-refractivity contribution in [2.75, 3.05) is 0 Å². The Kier molecular flexibility index (Phi) is 4.79. The van der Waals surface area contributed by atoms with Crippen molar-refractivity contribution < 1.29 is 4.39 Å². The number of hydrogen-bond donors (Lipinski definition) is 1. The molecule has 2 rings (SSSR count). The van der Waals surface area contributed by atoms with Gasteiger partial charge >= 0.3 is 0 Å². The standard InChI is InChI=1S/C15H21BrFN/c1-10(12-5-3-4-6-12)18-11(2)14-9-13(16)7-8-15(14)17/h7-12,18H,3-6H2,1-2H3/t10-,11?/m1/s1. The van der Waals surface area contributed by atoms with E-state index in [4.69, 9.17) is 0 Å². The van der Waals surface area contributed by atoms with Gasteiger partial charge in [0.15, 0.2) is 0 Å². The Balaban J connectivity index is 2.02. The van der Waals surface area contributed by atoms with E-state index in [2.05, 4.69) is 28.2 Å². The zero-order valence-electron chi connectivity index (χ0n) is 11.0. The smallest absolute Gasteiger partial charge is 0.128 e. The van der Waals surface area contributed by atoms with Crippen LogP contribution in [0.3, 0.4) is 0 Å². The molecule has 0 aromatic heterocycles. The van der Waals surface area contributed by atoms with Crippen LogP contribution in [-0.2, 0) is 0 Å². The largest absolute Gasteiger partial charge is 0.307 e. The van der Waals surface area contributed by atoms with Gasteiger partial charge in [0.1, 0.15) is 5.82 Å². The fraction of sp³-hybridized carbons (Fsp3) is 0.600. The van der Waals surface area contributed by atoms with Crippen LogP contribution in [0.5, 0.6) is 0 Å². The summed E-state index contributed by atoms with van der Waals surface area (Å²) in [4.78, 5) is 0. The molecule has 18 heavy (non-hydrogen) atoms. The van der Waals surface area contributed by atoms with Gasteiger partial charge in [0.05, 0.1) is 0 Å². The molecule has 100 valence electrons. The molecule has 1 saturated carbocycles. The summed E-state index contributed by atoms with van der Waals surface area (Å²) in [6.45, 7) is 4.26. The highest BCUT2D eigenvalue weighted by Gasteiger charge is 2.23. The van der Waals surface area contributed by atoms with Crippen LogP contribution in [-0.4, -0.2) is 6.04 Å². The molecule has 1 unspecified atom stereocenters. The summed E-state index contributed by atoms with van der Waals surface area (Å²) in [5.41, 5.74) is 0.745. The first kappa shape index (κ1) is 14.0. The molecule has 1 N–H and O–H groups in total. The monoisotopic (exact) mass is 313 g/mol. The van der Waals surface area contributed by atoms with E-state index in [9.17, 15) is 4.39 Å². The van der Waals surface area contributed by atoms with Crippen molar-refractivity contribution in [1.29, 1.82) is 0 Å². The van der Waals surface area contributed by atoms with Crippen LogP contribution in [0.1, 0.15) is 51.1 Å². The van der Waals surface area contributed by atoms with Gasteiger partial charge in [0.25, 0.3) is 0 Å². The van der Waals surface area contributed by atoms with Gasteiger partial charge in [0.2, 0.25) is 0 Å². The average molecular weight is 314 g/mol. The second-order valence-electron chi connectivity index (χ2n) is 5.39. The van der Waals surface area contributed by atoms with E-state index >= 15 is 0 Å². The van der Waals surface area contributed by atoms with Crippen LogP contribution in [0.15, 0.2) is 22.7 Å². The first-order chi connectivity index (χ1) is 8.58. The lowest BCUT2D eigenvalue weighted by molar-refractivity contribution is 0.348. The molecular formula is C15H21BrFN. The third-order valence-electron chi connectivity index (χ3n) is 4.04. The van der Waals surface area contributed by atoms with E-state index in [1.54, 1.807) is 6.07 Å². The molecule has 1 aliphatic rings. The minimum Gasteiger partial charge on any atom is -0.307 e. The van der Waals surface area contributed by atoms with Gasteiger partial charge in [0, 0.05) is 22.1 Å². The Hall–Kier alpha value is -0.410. The molecule has 1 aliphatic carbocycles. The molecule has 1 nitrogen and oxygen atoms in total. The van der Waals surface area contributed by atoms with Crippen molar-refractivity contribution in [2.24, 2.45) is 5.92 Å². The lowest BCUT2D eigenvalue weighted by atomic mass is 9.97. The van der Waals surface area contributed by atoms with Gasteiger partial charge in [-0.1, -0.05) is 28.8 Å². The lowest BCUT2D eigenvalue weighted by Crippen LogP contribution is -2.34. The Bertz CT molecular complexity index is 401. The highest BCUT2D eigenvalue weighted by molar-refractivity contribution is 9.10. The zero-order chi connectivity index (χ0) is 13.1. The Morgan fingerprint density at radius 2 is 1.94 bits per heavy atom. The molecule has 0 heterocycles. The fourth-order valence-corrected chi connectivity index (χ4v) is 3.30. The molecule has 0 saturated heterocycles. The van der Waals surface area contributed by atoms with Gasteiger partial charge < -0.3 is 5.32 Å². The zero-order valence-corrected chi connectivity index (χ0v) is 12.6. The summed E-state index contributed by atoms with van der Waals surface area (Å²) < 4.78 is 14.7. The molecule has 2 atom stereocenters. The van der Waals surface area contributed by atoms with E-state index in [1.165, 1.54) is 31.7 Å². The van der Waals surface area contributed by atoms with Gasteiger partial charge in [-0.25, -0.2) is 4.39 Å². The predicted octanol–water partition coefficient (Wildman–Crippen LogP) is 4.82. The number of rotatable bonds is 4. The van der Waals surface area contributed by atoms with E-state index in [-0.39, 0.29) is 11.9 Å². The van der Waals surface area contributed by atoms with Crippen LogP contribution in [0.25, 0.3) is 0 Å². The number of nitrogens with one attached hydrogen (secondary N) is 1. The highest BCUT2D eigenvalue weighted by Crippen LogP contribution is 2.29. The Labute approximate surface area is 117 Å². The van der Waals surface area contributed by atoms with Crippen molar-refractivity contribution in [3.63, 3.8) is 0 Å². The van der Waals surface area contributed by atoms with Crippen molar-refractivity contribution in [2.45, 2.75) is 51.6 Å². The molecule has 0 radical (unpaired) electrons. The maximum absolute atomic E-state index is 13.8. The van der Waals surface area contributed by atoms with Gasteiger partial charge in [-0.3, -0.25) is 0 Å². The fourth-order valence-electron chi connectivity index (χ4n) is 2.92. The van der Waals surface area contributed by atoms with E-state index in [0.717, 1.165) is 16.0 Å². The third-order valence-corrected chi connectivity index (χ3v) is 4.54. The molecular weight excluding hydrogens is 293 g/mol. The number of halogens is 2. The Morgan fingerprint density at radius 3 is 2.61 bits per heavy atom. The van der Waals surface area contributed by atoms with Crippen molar-refractivity contribution in [1.82, 2.24) is 5.32 Å². The Morgan fingerprint density at radius 1 is 1.28 bits per heavy atom. The van der Waals surface area contributed by atoms with E-state index in [1.807, 2.05) is 13.0 Å². The van der Waals surface area contributed by atoms with E-state index < -0.39 is 0 Å². The van der Waals surface area contributed by atoms with Crippen LogP contribution >= 0.6 is 15.9 Å². The predicted molar refractivity (Wildman–Crippen MR) is 77.1 cm³/mol. The summed E-state index contributed by atoms with van der Waals surface area (Å²) in [7, 11) is 0. The quantitative estimate of drug-likeness (QED) is 0.840. The molecule has 0 spiro atoms. The maximum Gasteiger partial charge on any atom is 0.128 e. The number of hydrogen-bond acceptors (Lipinski definition) is 1. The van der Waals surface area contributed by atoms with Crippen molar-refractivity contribution in [3.8, 4) is 0 Å². The summed E-state index contributed by atoms with van der Waals surface area (Å²) in [6.07, 6.45) is 5.30. The van der Waals surface area contributed by atoms with Gasteiger partial charge in [-0.15, -0.1) is 0 Å². The second kappa shape index (κ2) is 6.16. The SMILES string of the molecule is CC(N[C@H](C)C1CCCC1)c1cc(Br)ccc1F. The van der Waals surface area contributed by atoms with Gasteiger partial charge in [-0.05, 0) is 50.8 Å². The molecule has 1 fully saturated rings. The second-order valence-corrected chi connectivity index (χ2v) is 6.30. The summed E-state index contributed by atoms with van der Waals surface area (Å²) in [5, 5.41) is 3.55. The number of benzene rings is 1. The first-order valence-electron chi connectivity index (χ1n) is 6.79. The topological polar surface area (TPSA) is 12.0 Å².